The van der Waals surface area contributed by atoms with Gasteiger partial charge in [0.15, 0.2) is 9.84 Å². The summed E-state index contributed by atoms with van der Waals surface area (Å²) in [6.45, 7) is 3.54. The molecule has 2 unspecified atom stereocenters. The SMILES string of the molecule is CNC(Cc1c(Cl)c(C)nn1C)C(C)S(C)(=O)=O. The molecular formula is C11H20ClN3O2S. The second-order valence-corrected chi connectivity index (χ2v) is 7.38. The minimum Gasteiger partial charge on any atom is -0.315 e. The van der Waals surface area contributed by atoms with Gasteiger partial charge in [-0.3, -0.25) is 4.68 Å². The van der Waals surface area contributed by atoms with Gasteiger partial charge in [0.1, 0.15) is 0 Å². The Bertz CT molecular complexity index is 525. The lowest BCUT2D eigenvalue weighted by molar-refractivity contribution is 0.503. The van der Waals surface area contributed by atoms with Crippen molar-refractivity contribution in [1.29, 1.82) is 0 Å². The van der Waals surface area contributed by atoms with Crippen molar-refractivity contribution in [2.75, 3.05) is 13.3 Å². The Balaban J connectivity index is 3.00. The zero-order chi connectivity index (χ0) is 14.1. The zero-order valence-electron chi connectivity index (χ0n) is 11.4. The fourth-order valence-corrected chi connectivity index (χ4v) is 2.98. The molecule has 0 spiro atoms. The summed E-state index contributed by atoms with van der Waals surface area (Å²) in [5.74, 6) is 0. The van der Waals surface area contributed by atoms with Crippen molar-refractivity contribution in [2.24, 2.45) is 7.05 Å². The molecule has 1 aromatic heterocycles. The number of aryl methyl sites for hydroxylation is 2. The van der Waals surface area contributed by atoms with Gasteiger partial charge in [0, 0.05) is 25.8 Å². The van der Waals surface area contributed by atoms with E-state index in [-0.39, 0.29) is 6.04 Å². The van der Waals surface area contributed by atoms with E-state index in [0.29, 0.717) is 11.4 Å². The Morgan fingerprint density at radius 3 is 2.39 bits per heavy atom. The number of halogens is 1. The molecule has 18 heavy (non-hydrogen) atoms. The van der Waals surface area contributed by atoms with Gasteiger partial charge >= 0.3 is 0 Å². The maximum absolute atomic E-state index is 11.6. The Morgan fingerprint density at radius 1 is 1.50 bits per heavy atom. The van der Waals surface area contributed by atoms with E-state index in [1.807, 2.05) is 14.0 Å². The van der Waals surface area contributed by atoms with Gasteiger partial charge in [-0.2, -0.15) is 5.10 Å². The summed E-state index contributed by atoms with van der Waals surface area (Å²) < 4.78 is 24.9. The second kappa shape index (κ2) is 5.59. The third-order valence-electron chi connectivity index (χ3n) is 3.29. The number of rotatable bonds is 5. The van der Waals surface area contributed by atoms with E-state index in [0.717, 1.165) is 11.4 Å². The molecule has 7 heteroatoms. The Morgan fingerprint density at radius 2 is 2.06 bits per heavy atom. The highest BCUT2D eigenvalue weighted by Crippen LogP contribution is 2.22. The zero-order valence-corrected chi connectivity index (χ0v) is 12.9. The highest BCUT2D eigenvalue weighted by Gasteiger charge is 2.27. The van der Waals surface area contributed by atoms with Gasteiger partial charge < -0.3 is 5.32 Å². The molecule has 1 rings (SSSR count). The van der Waals surface area contributed by atoms with Crippen LogP contribution in [0.3, 0.4) is 0 Å². The van der Waals surface area contributed by atoms with E-state index < -0.39 is 15.1 Å². The van der Waals surface area contributed by atoms with Crippen LogP contribution < -0.4 is 5.32 Å². The third kappa shape index (κ3) is 3.24. The summed E-state index contributed by atoms with van der Waals surface area (Å²) in [4.78, 5) is 0. The number of nitrogens with one attached hydrogen (secondary N) is 1. The average Bonchev–Trinajstić information content (AvgIpc) is 2.49. The molecule has 0 aliphatic carbocycles. The highest BCUT2D eigenvalue weighted by atomic mass is 35.5. The number of hydrogen-bond donors (Lipinski definition) is 1. The number of aromatic nitrogens is 2. The Kier molecular flexibility index (Phi) is 4.80. The molecule has 1 aromatic rings. The Labute approximate surface area is 113 Å². The topological polar surface area (TPSA) is 64.0 Å². The normalized spacial score (nSPS) is 15.7. The second-order valence-electron chi connectivity index (χ2n) is 4.60. The van der Waals surface area contributed by atoms with Gasteiger partial charge in [0.05, 0.1) is 21.7 Å². The number of likely N-dealkylation sites (N-methyl/N-ethyl adjacent to an activating group) is 1. The van der Waals surface area contributed by atoms with Crippen molar-refractivity contribution in [1.82, 2.24) is 15.1 Å². The largest absolute Gasteiger partial charge is 0.315 e. The summed E-state index contributed by atoms with van der Waals surface area (Å²) in [7, 11) is 0.477. The van der Waals surface area contributed by atoms with Gasteiger partial charge in [0.25, 0.3) is 0 Å². The van der Waals surface area contributed by atoms with Crippen LogP contribution >= 0.6 is 11.6 Å². The van der Waals surface area contributed by atoms with Gasteiger partial charge in [-0.15, -0.1) is 0 Å². The van der Waals surface area contributed by atoms with E-state index >= 15 is 0 Å². The average molecular weight is 294 g/mol. The van der Waals surface area contributed by atoms with Crippen LogP contribution in [0, 0.1) is 6.92 Å². The lowest BCUT2D eigenvalue weighted by atomic mass is 10.1. The molecule has 1 heterocycles. The minimum atomic E-state index is -3.09. The van der Waals surface area contributed by atoms with Gasteiger partial charge in [-0.1, -0.05) is 11.6 Å². The van der Waals surface area contributed by atoms with E-state index in [2.05, 4.69) is 10.4 Å². The summed E-state index contributed by atoms with van der Waals surface area (Å²) >= 11 is 6.17. The van der Waals surface area contributed by atoms with Gasteiger partial charge in [-0.25, -0.2) is 8.42 Å². The van der Waals surface area contributed by atoms with Crippen molar-refractivity contribution in [3.05, 3.63) is 16.4 Å². The molecule has 0 aromatic carbocycles. The first-order valence-electron chi connectivity index (χ1n) is 5.72. The van der Waals surface area contributed by atoms with Crippen LogP contribution in [0.5, 0.6) is 0 Å². The predicted octanol–water partition coefficient (Wildman–Crippen LogP) is 0.946. The molecule has 0 aliphatic heterocycles. The van der Waals surface area contributed by atoms with Crippen LogP contribution in [0.1, 0.15) is 18.3 Å². The monoisotopic (exact) mass is 293 g/mol. The van der Waals surface area contributed by atoms with E-state index in [1.54, 1.807) is 18.7 Å². The molecule has 0 bridgehead atoms. The molecule has 0 saturated heterocycles. The number of hydrogen-bond acceptors (Lipinski definition) is 4. The standard InChI is InChI=1S/C11H20ClN3O2S/c1-7-11(12)10(15(4)14-7)6-9(13-3)8(2)18(5,16)17/h8-9,13H,6H2,1-5H3. The predicted molar refractivity (Wildman–Crippen MR) is 73.8 cm³/mol. The summed E-state index contributed by atoms with van der Waals surface area (Å²) in [6, 6.07) is -0.188. The van der Waals surface area contributed by atoms with Crippen LogP contribution in [0.4, 0.5) is 0 Å². The van der Waals surface area contributed by atoms with Gasteiger partial charge in [0.2, 0.25) is 0 Å². The van der Waals surface area contributed by atoms with Gasteiger partial charge in [-0.05, 0) is 20.9 Å². The van der Waals surface area contributed by atoms with Crippen molar-refractivity contribution in [2.45, 2.75) is 31.6 Å². The lowest BCUT2D eigenvalue weighted by Gasteiger charge is -2.22. The first-order chi connectivity index (χ1) is 8.18. The van der Waals surface area contributed by atoms with Crippen molar-refractivity contribution >= 4 is 21.4 Å². The maximum Gasteiger partial charge on any atom is 0.151 e. The lowest BCUT2D eigenvalue weighted by Crippen LogP contribution is -2.42. The van der Waals surface area contributed by atoms with Crippen molar-refractivity contribution in [3.63, 3.8) is 0 Å². The molecule has 0 fully saturated rings. The van der Waals surface area contributed by atoms with Crippen molar-refractivity contribution in [3.8, 4) is 0 Å². The molecule has 0 radical (unpaired) electrons. The first-order valence-corrected chi connectivity index (χ1v) is 8.05. The molecule has 2 atom stereocenters. The minimum absolute atomic E-state index is 0.188. The number of nitrogens with zero attached hydrogens (tertiary/aromatic N) is 2. The van der Waals surface area contributed by atoms with Crippen LogP contribution in [0.25, 0.3) is 0 Å². The van der Waals surface area contributed by atoms with Crippen molar-refractivity contribution < 1.29 is 8.42 Å². The summed E-state index contributed by atoms with van der Waals surface area (Å²) in [5, 5.41) is 7.40. The molecule has 0 aliphatic rings. The number of sulfone groups is 1. The van der Waals surface area contributed by atoms with Crippen LogP contribution in [0.15, 0.2) is 0 Å². The summed E-state index contributed by atoms with van der Waals surface area (Å²) in [5.41, 5.74) is 1.61. The van der Waals surface area contributed by atoms with Crippen LogP contribution in [0.2, 0.25) is 5.02 Å². The molecular weight excluding hydrogens is 274 g/mol. The Hall–Kier alpha value is -0.590. The molecule has 0 saturated carbocycles. The molecule has 5 nitrogen and oxygen atoms in total. The third-order valence-corrected chi connectivity index (χ3v) is 5.46. The first kappa shape index (κ1) is 15.5. The van der Waals surface area contributed by atoms with E-state index in [1.165, 1.54) is 6.26 Å². The van der Waals surface area contributed by atoms with E-state index in [9.17, 15) is 8.42 Å². The molecule has 1 N–H and O–H groups in total. The van der Waals surface area contributed by atoms with Crippen LogP contribution in [-0.2, 0) is 23.3 Å². The fourth-order valence-electron chi connectivity index (χ4n) is 1.91. The maximum atomic E-state index is 11.6. The molecule has 104 valence electrons. The quantitative estimate of drug-likeness (QED) is 0.878. The smallest absolute Gasteiger partial charge is 0.151 e. The summed E-state index contributed by atoms with van der Waals surface area (Å²) in [6.07, 6.45) is 1.78. The fraction of sp³-hybridized carbons (Fsp3) is 0.727. The van der Waals surface area contributed by atoms with Crippen LogP contribution in [-0.4, -0.2) is 42.8 Å². The highest BCUT2D eigenvalue weighted by molar-refractivity contribution is 7.91. The van der Waals surface area contributed by atoms with E-state index in [4.69, 9.17) is 11.6 Å². The molecule has 0 amide bonds.